The molecule has 0 spiro atoms. The van der Waals surface area contributed by atoms with Gasteiger partial charge in [0.15, 0.2) is 17.4 Å². The molecule has 0 saturated heterocycles. The number of hydrogen-bond acceptors (Lipinski definition) is 2. The molecule has 0 aromatic heterocycles. The van der Waals surface area contributed by atoms with E-state index in [1.54, 1.807) is 0 Å². The molecular formula is C20H24F2O3. The zero-order chi connectivity index (χ0) is 17.8. The largest absolute Gasteiger partial charge is 0.483 e. The second kappa shape index (κ2) is 7.98. The van der Waals surface area contributed by atoms with Gasteiger partial charge in [0.25, 0.3) is 0 Å². The van der Waals surface area contributed by atoms with Crippen molar-refractivity contribution in [2.24, 2.45) is 5.92 Å². The SMILES string of the molecule is O=C(O)CCc1cc(F)c(OCC2=C(C3CCCC3)CCC2)c(F)c1. The Labute approximate surface area is 146 Å². The molecule has 2 aliphatic rings. The predicted octanol–water partition coefficient (Wildman–Crippen LogP) is 5.03. The molecule has 2 aliphatic carbocycles. The Balaban J connectivity index is 1.68. The highest BCUT2D eigenvalue weighted by Crippen LogP contribution is 2.40. The van der Waals surface area contributed by atoms with E-state index in [4.69, 9.17) is 9.84 Å². The first-order valence-electron chi connectivity index (χ1n) is 9.08. The van der Waals surface area contributed by atoms with Gasteiger partial charge in [0.05, 0.1) is 0 Å². The van der Waals surface area contributed by atoms with E-state index in [2.05, 4.69) is 0 Å². The van der Waals surface area contributed by atoms with Gasteiger partial charge in [0, 0.05) is 6.42 Å². The Morgan fingerprint density at radius 2 is 1.80 bits per heavy atom. The summed E-state index contributed by atoms with van der Waals surface area (Å²) < 4.78 is 33.9. The van der Waals surface area contributed by atoms with Crippen LogP contribution in [0.1, 0.15) is 56.9 Å². The number of hydrogen-bond donors (Lipinski definition) is 1. The molecule has 0 aliphatic heterocycles. The van der Waals surface area contributed by atoms with Crippen molar-refractivity contribution >= 4 is 5.97 Å². The molecule has 25 heavy (non-hydrogen) atoms. The Morgan fingerprint density at radius 1 is 1.12 bits per heavy atom. The first-order chi connectivity index (χ1) is 12.0. The second-order valence-electron chi connectivity index (χ2n) is 7.03. The molecule has 1 aromatic carbocycles. The summed E-state index contributed by atoms with van der Waals surface area (Å²) in [7, 11) is 0. The minimum atomic E-state index is -0.992. The number of benzene rings is 1. The lowest BCUT2D eigenvalue weighted by atomic mass is 9.94. The molecule has 136 valence electrons. The molecule has 1 fully saturated rings. The van der Waals surface area contributed by atoms with Crippen LogP contribution in [0.3, 0.4) is 0 Å². The van der Waals surface area contributed by atoms with Gasteiger partial charge < -0.3 is 9.84 Å². The fraction of sp³-hybridized carbons (Fsp3) is 0.550. The summed E-state index contributed by atoms with van der Waals surface area (Å²) >= 11 is 0. The normalized spacial score (nSPS) is 18.2. The Bertz CT molecular complexity index is 653. The van der Waals surface area contributed by atoms with Gasteiger partial charge in [-0.05, 0) is 67.7 Å². The van der Waals surface area contributed by atoms with Crippen molar-refractivity contribution < 1.29 is 23.4 Å². The predicted molar refractivity (Wildman–Crippen MR) is 90.6 cm³/mol. The lowest BCUT2D eigenvalue weighted by Crippen LogP contribution is -2.08. The molecule has 1 N–H and O–H groups in total. The lowest BCUT2D eigenvalue weighted by Gasteiger charge is -2.15. The van der Waals surface area contributed by atoms with Gasteiger partial charge in [-0.2, -0.15) is 0 Å². The van der Waals surface area contributed by atoms with E-state index in [1.807, 2.05) is 0 Å². The topological polar surface area (TPSA) is 46.5 Å². The molecule has 0 heterocycles. The number of carboxylic acid groups (broad SMARTS) is 1. The van der Waals surface area contributed by atoms with Crippen LogP contribution in [0.4, 0.5) is 8.78 Å². The highest BCUT2D eigenvalue weighted by atomic mass is 19.1. The van der Waals surface area contributed by atoms with Crippen molar-refractivity contribution in [2.45, 2.75) is 57.8 Å². The Hall–Kier alpha value is -1.91. The third-order valence-corrected chi connectivity index (χ3v) is 5.30. The first kappa shape index (κ1) is 17.9. The molecule has 0 bridgehead atoms. The molecular weight excluding hydrogens is 326 g/mol. The zero-order valence-electron chi connectivity index (χ0n) is 14.3. The van der Waals surface area contributed by atoms with Crippen LogP contribution in [-0.2, 0) is 11.2 Å². The molecule has 0 amide bonds. The maximum Gasteiger partial charge on any atom is 0.303 e. The van der Waals surface area contributed by atoms with Crippen molar-refractivity contribution in [3.63, 3.8) is 0 Å². The molecule has 3 rings (SSSR count). The van der Waals surface area contributed by atoms with Gasteiger partial charge >= 0.3 is 5.97 Å². The summed E-state index contributed by atoms with van der Waals surface area (Å²) in [5, 5.41) is 8.67. The van der Waals surface area contributed by atoms with Crippen molar-refractivity contribution in [1.82, 2.24) is 0 Å². The highest BCUT2D eigenvalue weighted by molar-refractivity contribution is 5.67. The summed E-state index contributed by atoms with van der Waals surface area (Å²) in [6.45, 7) is 0.244. The average molecular weight is 350 g/mol. The number of rotatable bonds is 7. The third kappa shape index (κ3) is 4.39. The Morgan fingerprint density at radius 3 is 2.44 bits per heavy atom. The van der Waals surface area contributed by atoms with E-state index in [9.17, 15) is 13.6 Å². The standard InChI is InChI=1S/C20H24F2O3/c21-17-10-13(8-9-19(23)24)11-18(22)20(17)25-12-15-6-3-7-16(15)14-4-1-2-5-14/h10-11,14H,1-9,12H2,(H,23,24). The minimum absolute atomic E-state index is 0.0977. The van der Waals surface area contributed by atoms with Gasteiger partial charge in [0.2, 0.25) is 0 Å². The minimum Gasteiger partial charge on any atom is -0.483 e. The van der Waals surface area contributed by atoms with E-state index < -0.39 is 17.6 Å². The van der Waals surface area contributed by atoms with Crippen LogP contribution >= 0.6 is 0 Å². The van der Waals surface area contributed by atoms with E-state index in [0.29, 0.717) is 11.5 Å². The maximum atomic E-state index is 14.2. The van der Waals surface area contributed by atoms with Crippen molar-refractivity contribution in [3.8, 4) is 5.75 Å². The third-order valence-electron chi connectivity index (χ3n) is 5.30. The number of aliphatic carboxylic acids is 1. The number of ether oxygens (including phenoxy) is 1. The van der Waals surface area contributed by atoms with Gasteiger partial charge in [-0.3, -0.25) is 4.79 Å². The average Bonchev–Trinajstić information content (AvgIpc) is 3.23. The van der Waals surface area contributed by atoms with Gasteiger partial charge in [-0.25, -0.2) is 8.78 Å². The molecule has 1 saturated carbocycles. The smallest absolute Gasteiger partial charge is 0.303 e. The van der Waals surface area contributed by atoms with Crippen LogP contribution in [0.2, 0.25) is 0 Å². The van der Waals surface area contributed by atoms with Crippen molar-refractivity contribution in [1.29, 1.82) is 0 Å². The van der Waals surface area contributed by atoms with Crippen LogP contribution in [0.25, 0.3) is 0 Å². The summed E-state index contributed by atoms with van der Waals surface area (Å²) in [4.78, 5) is 10.6. The fourth-order valence-electron chi connectivity index (χ4n) is 4.07. The van der Waals surface area contributed by atoms with Crippen LogP contribution in [0.15, 0.2) is 23.3 Å². The monoisotopic (exact) mass is 350 g/mol. The highest BCUT2D eigenvalue weighted by Gasteiger charge is 2.26. The van der Waals surface area contributed by atoms with Gasteiger partial charge in [-0.1, -0.05) is 18.4 Å². The van der Waals surface area contributed by atoms with E-state index >= 15 is 0 Å². The van der Waals surface area contributed by atoms with Gasteiger partial charge in [0.1, 0.15) is 6.61 Å². The summed E-state index contributed by atoms with van der Waals surface area (Å²) in [6, 6.07) is 2.34. The second-order valence-corrected chi connectivity index (χ2v) is 7.03. The molecule has 0 unspecified atom stereocenters. The number of halogens is 2. The Kier molecular flexibility index (Phi) is 5.71. The summed E-state index contributed by atoms with van der Waals surface area (Å²) in [6.07, 6.45) is 8.06. The summed E-state index contributed by atoms with van der Waals surface area (Å²) in [5.41, 5.74) is 2.99. The van der Waals surface area contributed by atoms with E-state index in [0.717, 1.165) is 19.3 Å². The fourth-order valence-corrected chi connectivity index (χ4v) is 4.07. The number of aryl methyl sites for hydroxylation is 1. The van der Waals surface area contributed by atoms with Crippen LogP contribution in [-0.4, -0.2) is 17.7 Å². The zero-order valence-corrected chi connectivity index (χ0v) is 14.3. The molecule has 5 heteroatoms. The number of allylic oxidation sites excluding steroid dienone is 1. The van der Waals surface area contributed by atoms with Crippen LogP contribution in [0.5, 0.6) is 5.75 Å². The van der Waals surface area contributed by atoms with E-state index in [1.165, 1.54) is 49.0 Å². The van der Waals surface area contributed by atoms with Gasteiger partial charge in [-0.15, -0.1) is 0 Å². The first-order valence-corrected chi connectivity index (χ1v) is 9.08. The van der Waals surface area contributed by atoms with Crippen molar-refractivity contribution in [2.75, 3.05) is 6.61 Å². The molecule has 0 atom stereocenters. The quantitative estimate of drug-likeness (QED) is 0.702. The van der Waals surface area contributed by atoms with E-state index in [-0.39, 0.29) is 25.2 Å². The molecule has 3 nitrogen and oxygen atoms in total. The van der Waals surface area contributed by atoms with Crippen LogP contribution in [0, 0.1) is 17.6 Å². The summed E-state index contributed by atoms with van der Waals surface area (Å²) in [5.74, 6) is -2.24. The number of carboxylic acids is 1. The molecule has 1 aromatic rings. The maximum absolute atomic E-state index is 14.2. The molecule has 0 radical (unpaired) electrons. The van der Waals surface area contributed by atoms with Crippen molar-refractivity contribution in [3.05, 3.63) is 40.5 Å². The number of carbonyl (C=O) groups is 1. The lowest BCUT2D eigenvalue weighted by molar-refractivity contribution is -0.136. The van der Waals surface area contributed by atoms with Crippen LogP contribution < -0.4 is 4.74 Å².